The van der Waals surface area contributed by atoms with Crippen LogP contribution in [0.5, 0.6) is 0 Å². The molecule has 7 heteroatoms. The molecule has 0 bridgehead atoms. The average molecular weight is 329 g/mol. The summed E-state index contributed by atoms with van der Waals surface area (Å²) < 4.78 is 37.1. The lowest BCUT2D eigenvalue weighted by Crippen LogP contribution is -2.22. The standard InChI is InChI=1S/C16H18F3NO3/c17-16(18,19)8-7-10-3-1-2-4-13(10)20-14(21)11-5-6-12(9-11)15(22)23/h1-4,11-12H,5-9H2,(H,20,21)(H,22,23)/t11-,12+/m0/s1. The van der Waals surface area contributed by atoms with Gasteiger partial charge in [-0.1, -0.05) is 18.2 Å². The Morgan fingerprint density at radius 2 is 1.83 bits per heavy atom. The number of halogens is 3. The summed E-state index contributed by atoms with van der Waals surface area (Å²) in [7, 11) is 0. The number of alkyl halides is 3. The van der Waals surface area contributed by atoms with Gasteiger partial charge in [-0.2, -0.15) is 13.2 Å². The molecule has 0 saturated heterocycles. The van der Waals surface area contributed by atoms with Crippen molar-refractivity contribution < 1.29 is 27.9 Å². The third-order valence-corrected chi connectivity index (χ3v) is 4.11. The van der Waals surface area contributed by atoms with E-state index in [4.69, 9.17) is 5.11 Å². The normalized spacial score (nSPS) is 21.2. The molecule has 1 aromatic carbocycles. The van der Waals surface area contributed by atoms with Crippen LogP contribution in [0.2, 0.25) is 0 Å². The van der Waals surface area contributed by atoms with E-state index in [0.29, 0.717) is 24.1 Å². The lowest BCUT2D eigenvalue weighted by Gasteiger charge is -2.15. The first-order valence-electron chi connectivity index (χ1n) is 7.44. The molecule has 126 valence electrons. The number of carbonyl (C=O) groups excluding carboxylic acids is 1. The van der Waals surface area contributed by atoms with Crippen LogP contribution in [0, 0.1) is 11.8 Å². The number of aryl methyl sites for hydroxylation is 1. The summed E-state index contributed by atoms with van der Waals surface area (Å²) in [6.07, 6.45) is -4.22. The third-order valence-electron chi connectivity index (χ3n) is 4.11. The minimum Gasteiger partial charge on any atom is -0.481 e. The lowest BCUT2D eigenvalue weighted by atomic mass is 10.0. The van der Waals surface area contributed by atoms with Crippen molar-refractivity contribution in [3.05, 3.63) is 29.8 Å². The van der Waals surface area contributed by atoms with Crippen LogP contribution in [-0.4, -0.2) is 23.2 Å². The van der Waals surface area contributed by atoms with Crippen molar-refractivity contribution in [1.29, 1.82) is 0 Å². The molecule has 1 amide bonds. The summed E-state index contributed by atoms with van der Waals surface area (Å²) in [4.78, 5) is 23.1. The molecule has 4 nitrogen and oxygen atoms in total. The number of para-hydroxylation sites is 1. The molecule has 0 spiro atoms. The highest BCUT2D eigenvalue weighted by Crippen LogP contribution is 2.32. The van der Waals surface area contributed by atoms with Crippen LogP contribution in [0.25, 0.3) is 0 Å². The topological polar surface area (TPSA) is 66.4 Å². The fourth-order valence-corrected chi connectivity index (χ4v) is 2.82. The molecule has 1 aliphatic carbocycles. The van der Waals surface area contributed by atoms with Crippen molar-refractivity contribution in [2.45, 2.75) is 38.3 Å². The monoisotopic (exact) mass is 329 g/mol. The van der Waals surface area contributed by atoms with Crippen LogP contribution in [0.1, 0.15) is 31.2 Å². The Kier molecular flexibility index (Phi) is 5.28. The number of nitrogens with one attached hydrogen (secondary N) is 1. The Morgan fingerprint density at radius 3 is 2.43 bits per heavy atom. The van der Waals surface area contributed by atoms with E-state index in [-0.39, 0.29) is 18.7 Å². The van der Waals surface area contributed by atoms with Gasteiger partial charge in [0.15, 0.2) is 0 Å². The van der Waals surface area contributed by atoms with E-state index < -0.39 is 30.4 Å². The highest BCUT2D eigenvalue weighted by molar-refractivity contribution is 5.93. The van der Waals surface area contributed by atoms with Gasteiger partial charge < -0.3 is 10.4 Å². The summed E-state index contributed by atoms with van der Waals surface area (Å²) in [5.41, 5.74) is 0.784. The highest BCUT2D eigenvalue weighted by Gasteiger charge is 2.34. The van der Waals surface area contributed by atoms with Gasteiger partial charge in [0.05, 0.1) is 5.92 Å². The molecular formula is C16H18F3NO3. The zero-order chi connectivity index (χ0) is 17.0. The van der Waals surface area contributed by atoms with Crippen LogP contribution in [0.15, 0.2) is 24.3 Å². The van der Waals surface area contributed by atoms with E-state index in [9.17, 15) is 22.8 Å². The van der Waals surface area contributed by atoms with Crippen molar-refractivity contribution in [2.75, 3.05) is 5.32 Å². The number of benzene rings is 1. The molecule has 2 N–H and O–H groups in total. The van der Waals surface area contributed by atoms with Gasteiger partial charge in [-0.25, -0.2) is 0 Å². The molecule has 0 radical (unpaired) electrons. The largest absolute Gasteiger partial charge is 0.481 e. The average Bonchev–Trinajstić information content (AvgIpc) is 2.95. The summed E-state index contributed by atoms with van der Waals surface area (Å²) in [5, 5.41) is 11.6. The second-order valence-electron chi connectivity index (χ2n) is 5.81. The van der Waals surface area contributed by atoms with Crippen molar-refractivity contribution in [3.63, 3.8) is 0 Å². The third kappa shape index (κ3) is 4.97. The smallest absolute Gasteiger partial charge is 0.389 e. The summed E-state index contributed by atoms with van der Waals surface area (Å²) in [5.74, 6) is -2.17. The molecule has 0 unspecified atom stereocenters. The Bertz CT molecular complexity index is 586. The van der Waals surface area contributed by atoms with E-state index in [1.807, 2.05) is 0 Å². The first kappa shape index (κ1) is 17.3. The summed E-state index contributed by atoms with van der Waals surface area (Å²) in [6.45, 7) is 0. The molecule has 1 fully saturated rings. The number of hydrogen-bond acceptors (Lipinski definition) is 2. The number of amides is 1. The Morgan fingerprint density at radius 1 is 1.17 bits per heavy atom. The first-order chi connectivity index (χ1) is 10.8. The van der Waals surface area contributed by atoms with E-state index >= 15 is 0 Å². The highest BCUT2D eigenvalue weighted by atomic mass is 19.4. The minimum atomic E-state index is -4.25. The van der Waals surface area contributed by atoms with E-state index in [1.54, 1.807) is 24.3 Å². The lowest BCUT2D eigenvalue weighted by molar-refractivity contribution is -0.141. The molecule has 0 aromatic heterocycles. The molecule has 0 aliphatic heterocycles. The predicted molar refractivity (Wildman–Crippen MR) is 77.9 cm³/mol. The van der Waals surface area contributed by atoms with Gasteiger partial charge >= 0.3 is 12.1 Å². The number of hydrogen-bond donors (Lipinski definition) is 2. The SMILES string of the molecule is O=C(O)[C@@H]1CC[C@H](C(=O)Nc2ccccc2CCC(F)(F)F)C1. The van der Waals surface area contributed by atoms with Crippen molar-refractivity contribution in [3.8, 4) is 0 Å². The van der Waals surface area contributed by atoms with Crippen LogP contribution < -0.4 is 5.32 Å². The van der Waals surface area contributed by atoms with Gasteiger partial charge in [0.1, 0.15) is 0 Å². The summed E-state index contributed by atoms with van der Waals surface area (Å²) in [6, 6.07) is 6.38. The molecule has 1 aromatic rings. The van der Waals surface area contributed by atoms with E-state index in [2.05, 4.69) is 5.32 Å². The van der Waals surface area contributed by atoms with Crippen molar-refractivity contribution in [2.24, 2.45) is 11.8 Å². The second-order valence-corrected chi connectivity index (χ2v) is 5.81. The molecule has 1 saturated carbocycles. The fraction of sp³-hybridized carbons (Fsp3) is 0.500. The quantitative estimate of drug-likeness (QED) is 0.867. The maximum Gasteiger partial charge on any atom is 0.389 e. The predicted octanol–water partition coefficient (Wildman–Crippen LogP) is 3.62. The molecule has 0 heterocycles. The van der Waals surface area contributed by atoms with E-state index in [0.717, 1.165) is 0 Å². The van der Waals surface area contributed by atoms with Gasteiger partial charge in [0.2, 0.25) is 5.91 Å². The zero-order valence-corrected chi connectivity index (χ0v) is 12.4. The molecular weight excluding hydrogens is 311 g/mol. The number of anilines is 1. The minimum absolute atomic E-state index is 0.206. The van der Waals surface area contributed by atoms with Crippen LogP contribution in [0.4, 0.5) is 18.9 Å². The van der Waals surface area contributed by atoms with Gasteiger partial charge in [-0.05, 0) is 37.3 Å². The number of aliphatic carboxylic acids is 1. The van der Waals surface area contributed by atoms with Crippen LogP contribution in [-0.2, 0) is 16.0 Å². The molecule has 2 rings (SSSR count). The Balaban J connectivity index is 2.00. The van der Waals surface area contributed by atoms with Crippen LogP contribution >= 0.6 is 0 Å². The number of carbonyl (C=O) groups is 2. The Hall–Kier alpha value is -2.05. The number of rotatable bonds is 5. The fourth-order valence-electron chi connectivity index (χ4n) is 2.82. The zero-order valence-electron chi connectivity index (χ0n) is 12.4. The molecule has 1 aliphatic rings. The maximum absolute atomic E-state index is 12.4. The number of carboxylic acid groups (broad SMARTS) is 1. The molecule has 23 heavy (non-hydrogen) atoms. The van der Waals surface area contributed by atoms with Gasteiger partial charge in [-0.3, -0.25) is 9.59 Å². The number of carboxylic acids is 1. The van der Waals surface area contributed by atoms with Gasteiger partial charge in [0, 0.05) is 18.0 Å². The van der Waals surface area contributed by atoms with Crippen molar-refractivity contribution in [1.82, 2.24) is 0 Å². The van der Waals surface area contributed by atoms with Crippen molar-refractivity contribution >= 4 is 17.6 Å². The first-order valence-corrected chi connectivity index (χ1v) is 7.44. The van der Waals surface area contributed by atoms with Gasteiger partial charge in [-0.15, -0.1) is 0 Å². The second kappa shape index (κ2) is 7.02. The summed E-state index contributed by atoms with van der Waals surface area (Å²) >= 11 is 0. The molecule has 2 atom stereocenters. The van der Waals surface area contributed by atoms with E-state index in [1.165, 1.54) is 0 Å². The maximum atomic E-state index is 12.4. The Labute approximate surface area is 131 Å². The van der Waals surface area contributed by atoms with Gasteiger partial charge in [0.25, 0.3) is 0 Å². The van der Waals surface area contributed by atoms with Crippen LogP contribution in [0.3, 0.4) is 0 Å².